The summed E-state index contributed by atoms with van der Waals surface area (Å²) >= 11 is 0. The van der Waals surface area contributed by atoms with Crippen molar-refractivity contribution in [2.45, 2.75) is 19.4 Å². The van der Waals surface area contributed by atoms with Gasteiger partial charge in [-0.3, -0.25) is 15.4 Å². The number of carbonyl (C=O) groups excluding carboxylic acids is 1. The third-order valence-corrected chi connectivity index (χ3v) is 5.91. The van der Waals surface area contributed by atoms with Gasteiger partial charge in [-0.15, -0.1) is 0 Å². The second-order valence-electron chi connectivity index (χ2n) is 8.63. The van der Waals surface area contributed by atoms with Crippen LogP contribution in [0.25, 0.3) is 22.2 Å². The number of rotatable bonds is 4. The van der Waals surface area contributed by atoms with E-state index in [4.69, 9.17) is 0 Å². The molecule has 2 unspecified atom stereocenters. The van der Waals surface area contributed by atoms with Crippen molar-refractivity contribution in [3.05, 3.63) is 71.7 Å². The highest BCUT2D eigenvalue weighted by Crippen LogP contribution is 2.35. The smallest absolute Gasteiger partial charge is 0.320 e. The Hall–Kier alpha value is -4.07. The zero-order valence-corrected chi connectivity index (χ0v) is 18.8. The lowest BCUT2D eigenvalue weighted by atomic mass is 10.0. The Labute approximate surface area is 191 Å². The summed E-state index contributed by atoms with van der Waals surface area (Å²) in [4.78, 5) is 21.6. The first kappa shape index (κ1) is 20.8. The molecule has 4 aromatic rings. The van der Waals surface area contributed by atoms with Gasteiger partial charge in [0.15, 0.2) is 0 Å². The number of pyridine rings is 2. The molecule has 3 N–H and O–H groups in total. The van der Waals surface area contributed by atoms with Crippen molar-refractivity contribution >= 4 is 29.0 Å². The highest BCUT2D eigenvalue weighted by Gasteiger charge is 2.34. The molecule has 5 rings (SSSR count). The van der Waals surface area contributed by atoms with Crippen LogP contribution in [0.5, 0.6) is 0 Å². The number of anilines is 1. The number of nitrogens with one attached hydrogen (secondary N) is 3. The number of benzene rings is 1. The number of urea groups is 1. The molecular formula is C25H26N7O+. The van der Waals surface area contributed by atoms with Gasteiger partial charge in [0.2, 0.25) is 0 Å². The van der Waals surface area contributed by atoms with Gasteiger partial charge in [-0.2, -0.15) is 5.10 Å². The fourth-order valence-electron chi connectivity index (χ4n) is 4.52. The summed E-state index contributed by atoms with van der Waals surface area (Å²) in [7, 11) is 4.01. The van der Waals surface area contributed by atoms with Crippen LogP contribution in [-0.4, -0.2) is 51.1 Å². The van der Waals surface area contributed by atoms with E-state index in [0.717, 1.165) is 39.8 Å². The van der Waals surface area contributed by atoms with Crippen LogP contribution in [0.15, 0.2) is 54.9 Å². The van der Waals surface area contributed by atoms with Crippen LogP contribution >= 0.6 is 0 Å². The van der Waals surface area contributed by atoms with Crippen molar-refractivity contribution in [2.75, 3.05) is 19.4 Å². The van der Waals surface area contributed by atoms with Crippen LogP contribution in [0.1, 0.15) is 22.9 Å². The molecule has 0 bridgehead atoms. The van der Waals surface area contributed by atoms with Gasteiger partial charge in [-0.05, 0) is 36.6 Å². The highest BCUT2D eigenvalue weighted by atomic mass is 16.2. The molecule has 8 nitrogen and oxygen atoms in total. The molecule has 0 radical (unpaired) electrons. The third kappa shape index (κ3) is 4.19. The molecule has 1 aromatic carbocycles. The first-order valence-corrected chi connectivity index (χ1v) is 10.9. The van der Waals surface area contributed by atoms with Gasteiger partial charge in [0.05, 0.1) is 17.5 Å². The molecule has 0 fully saturated rings. The lowest BCUT2D eigenvalue weighted by molar-refractivity contribution is -0.461. The summed E-state index contributed by atoms with van der Waals surface area (Å²) in [5, 5.41) is 14.4. The Morgan fingerprint density at radius 3 is 2.85 bits per heavy atom. The minimum absolute atomic E-state index is 0.0963. The predicted molar refractivity (Wildman–Crippen MR) is 129 cm³/mol. The molecule has 0 aliphatic heterocycles. The predicted octanol–water partition coefficient (Wildman–Crippen LogP) is 3.71. The Morgan fingerprint density at radius 2 is 2.03 bits per heavy atom. The quantitative estimate of drug-likeness (QED) is 0.333. The van der Waals surface area contributed by atoms with E-state index in [1.165, 1.54) is 5.56 Å². The number of hydrogen-bond donors (Lipinski definition) is 3. The first-order valence-electron chi connectivity index (χ1n) is 10.9. The van der Waals surface area contributed by atoms with Crippen molar-refractivity contribution < 1.29 is 9.37 Å². The van der Waals surface area contributed by atoms with Crippen molar-refractivity contribution in [3.8, 4) is 11.3 Å². The van der Waals surface area contributed by atoms with E-state index < -0.39 is 0 Å². The van der Waals surface area contributed by atoms with Gasteiger partial charge >= 0.3 is 6.03 Å². The summed E-state index contributed by atoms with van der Waals surface area (Å²) in [6.07, 6.45) is 6.55. The van der Waals surface area contributed by atoms with Crippen LogP contribution in [0.4, 0.5) is 10.6 Å². The van der Waals surface area contributed by atoms with Gasteiger partial charge in [0, 0.05) is 35.1 Å². The summed E-state index contributed by atoms with van der Waals surface area (Å²) in [5.41, 5.74) is 5.92. The number of amides is 2. The third-order valence-electron chi connectivity index (χ3n) is 5.91. The van der Waals surface area contributed by atoms with Gasteiger partial charge in [0.25, 0.3) is 0 Å². The molecule has 33 heavy (non-hydrogen) atoms. The Morgan fingerprint density at radius 1 is 1.18 bits per heavy atom. The highest BCUT2D eigenvalue weighted by molar-refractivity contribution is 5.96. The summed E-state index contributed by atoms with van der Waals surface area (Å²) in [6.45, 7) is 1.95. The molecular weight excluding hydrogens is 414 g/mol. The monoisotopic (exact) mass is 440 g/mol. The van der Waals surface area contributed by atoms with Crippen LogP contribution in [0.3, 0.4) is 0 Å². The molecule has 0 saturated heterocycles. The lowest BCUT2D eigenvalue weighted by Crippen LogP contribution is -2.36. The first-order chi connectivity index (χ1) is 16.0. The molecule has 3 heterocycles. The van der Waals surface area contributed by atoms with E-state index in [0.29, 0.717) is 5.82 Å². The molecule has 0 spiro atoms. The molecule has 2 amide bonds. The average molecular weight is 441 g/mol. The Balaban J connectivity index is 1.35. The van der Waals surface area contributed by atoms with Crippen LogP contribution in [-0.2, 0) is 6.42 Å². The summed E-state index contributed by atoms with van der Waals surface area (Å²) in [5.74, 6) is 0.651. The summed E-state index contributed by atoms with van der Waals surface area (Å²) < 4.78 is 2.04. The van der Waals surface area contributed by atoms with E-state index in [1.54, 1.807) is 18.5 Å². The second kappa shape index (κ2) is 8.46. The maximum Gasteiger partial charge on any atom is 0.320 e. The van der Waals surface area contributed by atoms with Crippen molar-refractivity contribution in [2.24, 2.45) is 5.92 Å². The molecule has 1 aliphatic rings. The fourth-order valence-corrected chi connectivity index (χ4v) is 4.52. The van der Waals surface area contributed by atoms with E-state index in [1.807, 2.05) is 49.9 Å². The minimum Gasteiger partial charge on any atom is -0.330 e. The maximum atomic E-state index is 12.9. The Kier molecular flexibility index (Phi) is 5.34. The van der Waals surface area contributed by atoms with Gasteiger partial charge in [0.1, 0.15) is 31.8 Å². The molecule has 2 atom stereocenters. The number of hydrogen-bond acceptors (Lipinski definition) is 4. The average Bonchev–Trinajstić information content (AvgIpc) is 3.34. The molecule has 1 aliphatic carbocycles. The number of fused-ring (bicyclic) bond motifs is 2. The van der Waals surface area contributed by atoms with Gasteiger partial charge < -0.3 is 5.32 Å². The Bertz CT molecular complexity index is 1370. The standard InChI is InChI=1S/C25H25N7O/c1-15-10-17(8-9-26-15)24-20-13-27-22(12-21(20)30-31-24)28-25(33)29-23-18(14-32(2)3)11-16-6-4-5-7-19(16)23/h4-10,12-14,18,23H,11H2,1-3H3,(H2-,26,27,28,29,30,31,33)/p+1. The number of carbonyl (C=O) groups is 1. The molecule has 0 saturated carbocycles. The van der Waals surface area contributed by atoms with Crippen molar-refractivity contribution in [1.82, 2.24) is 25.5 Å². The molecule has 166 valence electrons. The minimum atomic E-state index is -0.287. The zero-order chi connectivity index (χ0) is 22.9. The second-order valence-corrected chi connectivity index (χ2v) is 8.63. The molecule has 8 heteroatoms. The SMILES string of the molecule is Cc1cc(-c2n[nH]c3cc(NC(=O)NC4c5ccccc5CC4C=[N+](C)C)ncc23)ccn1. The largest absolute Gasteiger partial charge is 0.330 e. The normalized spacial score (nSPS) is 16.9. The number of aromatic nitrogens is 4. The fraction of sp³-hybridized carbons (Fsp3) is 0.240. The van der Waals surface area contributed by atoms with Crippen LogP contribution < -0.4 is 10.6 Å². The molecule has 3 aromatic heterocycles. The van der Waals surface area contributed by atoms with Gasteiger partial charge in [-0.1, -0.05) is 24.3 Å². The van der Waals surface area contributed by atoms with E-state index in [9.17, 15) is 4.79 Å². The number of H-pyrrole nitrogens is 1. The topological polar surface area (TPSA) is 98.6 Å². The van der Waals surface area contributed by atoms with Crippen LogP contribution in [0.2, 0.25) is 0 Å². The number of aromatic amines is 1. The lowest BCUT2D eigenvalue weighted by Gasteiger charge is -2.18. The van der Waals surface area contributed by atoms with Gasteiger partial charge in [-0.25, -0.2) is 14.4 Å². The van der Waals surface area contributed by atoms with Crippen LogP contribution in [0, 0.1) is 12.8 Å². The van der Waals surface area contributed by atoms with E-state index in [-0.39, 0.29) is 18.0 Å². The van der Waals surface area contributed by atoms with Crippen molar-refractivity contribution in [1.29, 1.82) is 0 Å². The summed E-state index contributed by atoms with van der Waals surface area (Å²) in [6, 6.07) is 13.6. The van der Waals surface area contributed by atoms with E-state index >= 15 is 0 Å². The zero-order valence-electron chi connectivity index (χ0n) is 18.8. The maximum absolute atomic E-state index is 12.9. The van der Waals surface area contributed by atoms with Crippen molar-refractivity contribution in [3.63, 3.8) is 0 Å². The van der Waals surface area contributed by atoms with E-state index in [2.05, 4.69) is 49.1 Å². The number of aryl methyl sites for hydroxylation is 1. The number of nitrogens with zero attached hydrogens (tertiary/aromatic N) is 4.